The normalized spacial score (nSPS) is 17.3. The highest BCUT2D eigenvalue weighted by molar-refractivity contribution is 5.98. The zero-order valence-corrected chi connectivity index (χ0v) is 24.1. The van der Waals surface area contributed by atoms with Gasteiger partial charge >= 0.3 is 5.97 Å². The van der Waals surface area contributed by atoms with Gasteiger partial charge in [0.25, 0.3) is 0 Å². The minimum Gasteiger partial charge on any atom is -0.477 e. The number of carbonyl (C=O) groups is 3. The van der Waals surface area contributed by atoms with Crippen molar-refractivity contribution in [1.29, 1.82) is 0 Å². The third kappa shape index (κ3) is 6.84. The number of benzene rings is 3. The predicted molar refractivity (Wildman–Crippen MR) is 167 cm³/mol. The number of carboxylic acid groups (broad SMARTS) is 1. The third-order valence-electron chi connectivity index (χ3n) is 8.39. The first-order valence-corrected chi connectivity index (χ1v) is 14.6. The van der Waals surface area contributed by atoms with Gasteiger partial charge in [-0.2, -0.15) is 0 Å². The van der Waals surface area contributed by atoms with Crippen LogP contribution in [0.25, 0.3) is 22.0 Å². The molecule has 1 atom stereocenters. The van der Waals surface area contributed by atoms with E-state index in [4.69, 9.17) is 5.73 Å². The second kappa shape index (κ2) is 13.0. The molecule has 1 aliphatic carbocycles. The van der Waals surface area contributed by atoms with Crippen molar-refractivity contribution >= 4 is 34.4 Å². The van der Waals surface area contributed by atoms with Gasteiger partial charge in [0, 0.05) is 35.1 Å². The molecule has 1 fully saturated rings. The molecule has 1 heterocycles. The van der Waals surface area contributed by atoms with Gasteiger partial charge in [0.2, 0.25) is 17.2 Å². The Hall–Kier alpha value is -4.76. The Balaban J connectivity index is 1.36. The van der Waals surface area contributed by atoms with Gasteiger partial charge in [0.05, 0.1) is 0 Å². The van der Waals surface area contributed by atoms with Crippen molar-refractivity contribution in [3.63, 3.8) is 0 Å². The number of fused-ring (bicyclic) bond motifs is 1. The molecule has 6 N–H and O–H groups in total. The fourth-order valence-corrected chi connectivity index (χ4v) is 5.81. The van der Waals surface area contributed by atoms with Crippen LogP contribution < -0.4 is 21.8 Å². The molecule has 222 valence electrons. The first-order valence-electron chi connectivity index (χ1n) is 14.6. The molecule has 5 rings (SSSR count). The molecular weight excluding hydrogens is 544 g/mol. The molecule has 9 heteroatoms. The second-order valence-corrected chi connectivity index (χ2v) is 11.3. The molecule has 3 aromatic carbocycles. The predicted octanol–water partition coefficient (Wildman–Crippen LogP) is 4.63. The van der Waals surface area contributed by atoms with Crippen LogP contribution in [0.2, 0.25) is 0 Å². The molecule has 2 amide bonds. The smallest absolute Gasteiger partial charge is 0.341 e. The molecule has 1 saturated carbocycles. The Labute approximate surface area is 249 Å². The summed E-state index contributed by atoms with van der Waals surface area (Å²) in [5, 5.41) is 15.6. The lowest BCUT2D eigenvalue weighted by Gasteiger charge is -2.28. The minimum absolute atomic E-state index is 0.105. The van der Waals surface area contributed by atoms with Crippen LogP contribution in [-0.4, -0.2) is 40.5 Å². The van der Waals surface area contributed by atoms with E-state index >= 15 is 0 Å². The summed E-state index contributed by atoms with van der Waals surface area (Å²) in [5.74, 6) is -1.34. The molecule has 0 saturated heterocycles. The topological polar surface area (TPSA) is 154 Å². The highest BCUT2D eigenvalue weighted by Gasteiger charge is 2.29. The highest BCUT2D eigenvalue weighted by atomic mass is 16.4. The molecule has 9 nitrogen and oxygen atoms in total. The molecule has 0 unspecified atom stereocenters. The number of amides is 2. The van der Waals surface area contributed by atoms with Crippen LogP contribution in [0.4, 0.5) is 5.69 Å². The van der Waals surface area contributed by atoms with E-state index in [9.17, 15) is 24.3 Å². The fraction of sp³-hybridized carbons (Fsp3) is 0.294. The van der Waals surface area contributed by atoms with Gasteiger partial charge in [-0.25, -0.2) is 4.79 Å². The number of rotatable bonds is 9. The van der Waals surface area contributed by atoms with E-state index in [0.29, 0.717) is 35.5 Å². The van der Waals surface area contributed by atoms with E-state index in [1.54, 1.807) is 18.2 Å². The summed E-state index contributed by atoms with van der Waals surface area (Å²) in [5.41, 5.74) is 9.68. The van der Waals surface area contributed by atoms with Gasteiger partial charge in [-0.3, -0.25) is 14.4 Å². The van der Waals surface area contributed by atoms with Gasteiger partial charge in [-0.05, 0) is 91.6 Å². The second-order valence-electron chi connectivity index (χ2n) is 11.3. The van der Waals surface area contributed by atoms with E-state index in [1.807, 2.05) is 55.5 Å². The first kappa shape index (κ1) is 29.7. The maximum atomic E-state index is 13.4. The van der Waals surface area contributed by atoms with Crippen molar-refractivity contribution in [3.8, 4) is 11.1 Å². The number of aromatic carboxylic acids is 1. The van der Waals surface area contributed by atoms with Crippen LogP contribution in [0.3, 0.4) is 0 Å². The van der Waals surface area contributed by atoms with E-state index in [0.717, 1.165) is 47.9 Å². The number of H-pyrrole nitrogens is 1. The standard InChI is InChI=1S/C34H36N4O5/c1-20-15-27-29(36-19-28(31(27)39)34(42)43)17-26(20)23-11-7-21(8-12-23)16-30(33(41)37-25-5-3-2-4-6-25)38-32(40)24-13-9-22(18-35)10-14-24/h2-8,11-12,15,17,19,22,24,30H,9-10,13-14,16,18,35H2,1H3,(H,36,39)(H,37,41)(H,38,40)(H,42,43)/t22-,24-,30-/m0/s1. The molecular formula is C34H36N4O5. The Bertz CT molecular complexity index is 1690. The zero-order chi connectivity index (χ0) is 30.5. The van der Waals surface area contributed by atoms with Crippen molar-refractivity contribution < 1.29 is 19.5 Å². The minimum atomic E-state index is -1.27. The van der Waals surface area contributed by atoms with Crippen LogP contribution in [0.15, 0.2) is 77.7 Å². The Morgan fingerprint density at radius 3 is 2.35 bits per heavy atom. The number of para-hydroxylation sites is 1. The largest absolute Gasteiger partial charge is 0.477 e. The molecule has 0 radical (unpaired) electrons. The van der Waals surface area contributed by atoms with Crippen molar-refractivity contribution in [3.05, 3.63) is 99.8 Å². The molecule has 0 spiro atoms. The van der Waals surface area contributed by atoms with Gasteiger partial charge < -0.3 is 26.5 Å². The van der Waals surface area contributed by atoms with E-state index < -0.39 is 17.4 Å². The molecule has 43 heavy (non-hydrogen) atoms. The number of aromatic amines is 1. The Kier molecular flexibility index (Phi) is 9.01. The van der Waals surface area contributed by atoms with E-state index in [-0.39, 0.29) is 23.3 Å². The lowest BCUT2D eigenvalue weighted by Crippen LogP contribution is -2.48. The number of carboxylic acids is 1. The van der Waals surface area contributed by atoms with Gasteiger partial charge in [0.15, 0.2) is 0 Å². The van der Waals surface area contributed by atoms with Crippen LogP contribution in [0.1, 0.15) is 47.2 Å². The number of hydrogen-bond donors (Lipinski definition) is 5. The lowest BCUT2D eigenvalue weighted by atomic mass is 9.81. The number of hydrogen-bond acceptors (Lipinski definition) is 5. The fourth-order valence-electron chi connectivity index (χ4n) is 5.81. The molecule has 4 aromatic rings. The van der Waals surface area contributed by atoms with Crippen molar-refractivity contribution in [2.75, 3.05) is 11.9 Å². The van der Waals surface area contributed by atoms with Crippen LogP contribution in [-0.2, 0) is 16.0 Å². The number of pyridine rings is 1. The van der Waals surface area contributed by atoms with Crippen LogP contribution >= 0.6 is 0 Å². The average molecular weight is 581 g/mol. The number of nitrogens with one attached hydrogen (secondary N) is 3. The highest BCUT2D eigenvalue weighted by Crippen LogP contribution is 2.29. The van der Waals surface area contributed by atoms with Gasteiger partial charge in [0.1, 0.15) is 11.6 Å². The van der Waals surface area contributed by atoms with E-state index in [1.165, 1.54) is 6.20 Å². The molecule has 1 aromatic heterocycles. The monoisotopic (exact) mass is 580 g/mol. The Morgan fingerprint density at radius 2 is 1.70 bits per heavy atom. The van der Waals surface area contributed by atoms with Crippen LogP contribution in [0.5, 0.6) is 0 Å². The van der Waals surface area contributed by atoms with Crippen molar-refractivity contribution in [2.45, 2.75) is 45.1 Å². The number of nitrogens with two attached hydrogens (primary N) is 1. The molecule has 0 aliphatic heterocycles. The van der Waals surface area contributed by atoms with Gasteiger partial charge in [-0.1, -0.05) is 42.5 Å². The third-order valence-corrected chi connectivity index (χ3v) is 8.39. The summed E-state index contributed by atoms with van der Waals surface area (Å²) in [6.45, 7) is 2.50. The van der Waals surface area contributed by atoms with Crippen molar-refractivity contribution in [1.82, 2.24) is 10.3 Å². The first-order chi connectivity index (χ1) is 20.7. The SMILES string of the molecule is Cc1cc2c(=O)c(C(=O)O)c[nH]c2cc1-c1ccc(C[C@H](NC(=O)[C@H]2CC[C@H](CN)CC2)C(=O)Nc2ccccc2)cc1. The molecule has 1 aliphatic rings. The summed E-state index contributed by atoms with van der Waals surface area (Å²) in [6.07, 6.45) is 4.89. The summed E-state index contributed by atoms with van der Waals surface area (Å²) in [7, 11) is 0. The summed E-state index contributed by atoms with van der Waals surface area (Å²) in [6, 6.07) is 19.7. The maximum Gasteiger partial charge on any atom is 0.341 e. The summed E-state index contributed by atoms with van der Waals surface area (Å²) in [4.78, 5) is 53.5. The zero-order valence-electron chi connectivity index (χ0n) is 24.1. The summed E-state index contributed by atoms with van der Waals surface area (Å²) < 4.78 is 0. The quantitative estimate of drug-likeness (QED) is 0.194. The number of anilines is 1. The maximum absolute atomic E-state index is 13.4. The Morgan fingerprint density at radius 1 is 1.00 bits per heavy atom. The van der Waals surface area contributed by atoms with E-state index in [2.05, 4.69) is 15.6 Å². The molecule has 0 bridgehead atoms. The number of aryl methyl sites for hydroxylation is 1. The number of carbonyl (C=O) groups excluding carboxylic acids is 2. The van der Waals surface area contributed by atoms with Crippen molar-refractivity contribution in [2.24, 2.45) is 17.6 Å². The van der Waals surface area contributed by atoms with Crippen LogP contribution in [0, 0.1) is 18.8 Å². The lowest BCUT2D eigenvalue weighted by molar-refractivity contribution is -0.130. The number of aromatic nitrogens is 1. The van der Waals surface area contributed by atoms with Gasteiger partial charge in [-0.15, -0.1) is 0 Å². The average Bonchev–Trinajstić information content (AvgIpc) is 3.01. The summed E-state index contributed by atoms with van der Waals surface area (Å²) >= 11 is 0.